The molecule has 1 saturated heterocycles. The normalized spacial score (nSPS) is 23.4. The van der Waals surface area contributed by atoms with Gasteiger partial charge in [-0.2, -0.15) is 18.4 Å². The average molecular weight is 532 g/mol. The third-order valence-electron chi connectivity index (χ3n) is 7.61. The Morgan fingerprint density at radius 1 is 1.18 bits per heavy atom. The third-order valence-corrected chi connectivity index (χ3v) is 7.61. The summed E-state index contributed by atoms with van der Waals surface area (Å²) in [6, 6.07) is 8.26. The molecule has 1 saturated carbocycles. The van der Waals surface area contributed by atoms with Crippen molar-refractivity contribution < 1.29 is 27.8 Å². The molecule has 38 heavy (non-hydrogen) atoms. The number of carbonyl (C=O) groups is 1. The number of halogens is 3. The summed E-state index contributed by atoms with van der Waals surface area (Å²) >= 11 is 0. The molecule has 0 spiro atoms. The zero-order chi connectivity index (χ0) is 27.5. The molecule has 1 amide bonds. The molecule has 2 N–H and O–H groups in total. The van der Waals surface area contributed by atoms with Crippen molar-refractivity contribution in [3.63, 3.8) is 0 Å². The summed E-state index contributed by atoms with van der Waals surface area (Å²) in [5.74, 6) is 0.677. The van der Waals surface area contributed by atoms with Gasteiger partial charge in [0.05, 0.1) is 23.3 Å². The van der Waals surface area contributed by atoms with E-state index < -0.39 is 17.3 Å². The lowest BCUT2D eigenvalue weighted by Gasteiger charge is -2.44. The molecule has 0 radical (unpaired) electrons. The molecule has 0 bridgehead atoms. The number of aromatic nitrogens is 2. The molecule has 2 heterocycles. The van der Waals surface area contributed by atoms with Gasteiger partial charge in [-0.3, -0.25) is 4.79 Å². The molecular formula is C27H32F3N5O3. The minimum Gasteiger partial charge on any atom is -0.490 e. The minimum absolute atomic E-state index is 0.0615. The number of nitrogens with one attached hydrogen (secondary N) is 1. The zero-order valence-corrected chi connectivity index (χ0v) is 21.5. The van der Waals surface area contributed by atoms with Gasteiger partial charge in [-0.05, 0) is 73.8 Å². The summed E-state index contributed by atoms with van der Waals surface area (Å²) in [6.45, 7) is 5.91. The molecule has 1 atom stereocenters. The number of piperidine rings is 1. The van der Waals surface area contributed by atoms with Crippen molar-refractivity contribution in [2.45, 2.75) is 64.3 Å². The van der Waals surface area contributed by atoms with E-state index in [0.717, 1.165) is 31.6 Å². The van der Waals surface area contributed by atoms with Crippen LogP contribution in [0.2, 0.25) is 0 Å². The second-order valence-corrected chi connectivity index (χ2v) is 10.7. The summed E-state index contributed by atoms with van der Waals surface area (Å²) in [5.41, 5.74) is -1.30. The number of hydrogen-bond acceptors (Lipinski definition) is 7. The Labute approximate surface area is 219 Å². The fourth-order valence-corrected chi connectivity index (χ4v) is 5.26. The SMILES string of the molecule is CC1(C)CN(c2ccc(C(=O)NC3CCC(Oc4ccc(C#N)c(C(F)(F)F)c4)CC3)nn2)CCC1CO. The van der Waals surface area contributed by atoms with Gasteiger partial charge in [0.25, 0.3) is 5.91 Å². The first-order valence-electron chi connectivity index (χ1n) is 12.8. The molecular weight excluding hydrogens is 499 g/mol. The number of rotatable bonds is 6. The van der Waals surface area contributed by atoms with E-state index in [-0.39, 0.29) is 47.4 Å². The molecule has 1 aliphatic carbocycles. The Balaban J connectivity index is 1.28. The van der Waals surface area contributed by atoms with Crippen molar-refractivity contribution in [2.75, 3.05) is 24.6 Å². The number of ether oxygens (including phenoxy) is 1. The Kier molecular flexibility index (Phi) is 8.11. The van der Waals surface area contributed by atoms with Crippen LogP contribution < -0.4 is 15.0 Å². The van der Waals surface area contributed by atoms with E-state index in [9.17, 15) is 23.1 Å². The molecule has 2 aromatic rings. The van der Waals surface area contributed by atoms with Crippen molar-refractivity contribution in [1.29, 1.82) is 5.26 Å². The first kappa shape index (κ1) is 27.6. The van der Waals surface area contributed by atoms with Gasteiger partial charge in [-0.1, -0.05) is 13.8 Å². The van der Waals surface area contributed by atoms with Crippen molar-refractivity contribution in [3.05, 3.63) is 47.2 Å². The van der Waals surface area contributed by atoms with Crippen LogP contribution in [0.3, 0.4) is 0 Å². The highest BCUT2D eigenvalue weighted by atomic mass is 19.4. The summed E-state index contributed by atoms with van der Waals surface area (Å²) in [6.07, 6.45) is -1.71. The van der Waals surface area contributed by atoms with Crippen LogP contribution >= 0.6 is 0 Å². The molecule has 204 valence electrons. The molecule has 2 aliphatic rings. The topological polar surface area (TPSA) is 111 Å². The van der Waals surface area contributed by atoms with Gasteiger partial charge < -0.3 is 20.1 Å². The number of hydrogen-bond donors (Lipinski definition) is 2. The van der Waals surface area contributed by atoms with Crippen LogP contribution in [-0.4, -0.2) is 53.1 Å². The molecule has 1 aromatic carbocycles. The van der Waals surface area contributed by atoms with Crippen LogP contribution in [0.25, 0.3) is 0 Å². The number of carbonyl (C=O) groups excluding carboxylic acids is 1. The molecule has 4 rings (SSSR count). The Bertz CT molecular complexity index is 1170. The van der Waals surface area contributed by atoms with Crippen molar-refractivity contribution in [2.24, 2.45) is 11.3 Å². The van der Waals surface area contributed by atoms with Gasteiger partial charge in [-0.25, -0.2) is 0 Å². The quantitative estimate of drug-likeness (QED) is 0.571. The summed E-state index contributed by atoms with van der Waals surface area (Å²) in [7, 11) is 0. The van der Waals surface area contributed by atoms with Crippen LogP contribution in [0.4, 0.5) is 19.0 Å². The van der Waals surface area contributed by atoms with E-state index in [1.54, 1.807) is 18.2 Å². The number of aliphatic hydroxyl groups excluding tert-OH is 1. The Morgan fingerprint density at radius 3 is 2.50 bits per heavy atom. The van der Waals surface area contributed by atoms with Gasteiger partial charge in [0, 0.05) is 25.7 Å². The fraction of sp³-hybridized carbons (Fsp3) is 0.556. The highest BCUT2D eigenvalue weighted by Crippen LogP contribution is 2.36. The predicted molar refractivity (Wildman–Crippen MR) is 134 cm³/mol. The highest BCUT2D eigenvalue weighted by molar-refractivity contribution is 5.92. The summed E-state index contributed by atoms with van der Waals surface area (Å²) in [5, 5.41) is 29.9. The lowest BCUT2D eigenvalue weighted by molar-refractivity contribution is -0.137. The molecule has 2 fully saturated rings. The lowest BCUT2D eigenvalue weighted by Crippen LogP contribution is -2.47. The molecule has 11 heteroatoms. The van der Waals surface area contributed by atoms with Gasteiger partial charge in [0.15, 0.2) is 11.5 Å². The van der Waals surface area contributed by atoms with Crippen LogP contribution in [0.15, 0.2) is 30.3 Å². The zero-order valence-electron chi connectivity index (χ0n) is 21.5. The first-order valence-corrected chi connectivity index (χ1v) is 12.8. The number of aliphatic hydroxyl groups is 1. The van der Waals surface area contributed by atoms with E-state index in [4.69, 9.17) is 10.00 Å². The maximum Gasteiger partial charge on any atom is 0.417 e. The molecule has 1 unspecified atom stereocenters. The number of amides is 1. The van der Waals surface area contributed by atoms with Gasteiger partial charge in [0.1, 0.15) is 5.75 Å². The van der Waals surface area contributed by atoms with E-state index >= 15 is 0 Å². The number of nitrogens with zero attached hydrogens (tertiary/aromatic N) is 4. The fourth-order valence-electron chi connectivity index (χ4n) is 5.26. The van der Waals surface area contributed by atoms with Gasteiger partial charge >= 0.3 is 6.18 Å². The maximum absolute atomic E-state index is 13.2. The molecule has 8 nitrogen and oxygen atoms in total. The average Bonchev–Trinajstić information content (AvgIpc) is 2.89. The van der Waals surface area contributed by atoms with Crippen molar-refractivity contribution >= 4 is 11.7 Å². The van der Waals surface area contributed by atoms with E-state index in [2.05, 4.69) is 34.3 Å². The number of benzene rings is 1. The van der Waals surface area contributed by atoms with Crippen molar-refractivity contribution in [1.82, 2.24) is 15.5 Å². The highest BCUT2D eigenvalue weighted by Gasteiger charge is 2.36. The standard InChI is InChI=1S/C27H32F3N5O3/c1-26(2)16-35(12-11-18(26)15-36)24-10-9-23(33-34-24)25(37)32-19-4-7-20(8-5-19)38-21-6-3-17(14-31)22(13-21)27(28,29)30/h3,6,9-10,13,18-20,36H,4-5,7-8,11-12,15-16H2,1-2H3,(H,32,37). The molecule has 1 aliphatic heterocycles. The summed E-state index contributed by atoms with van der Waals surface area (Å²) in [4.78, 5) is 14.8. The summed E-state index contributed by atoms with van der Waals surface area (Å²) < 4.78 is 45.4. The monoisotopic (exact) mass is 531 g/mol. The first-order chi connectivity index (χ1) is 18.0. The van der Waals surface area contributed by atoms with Crippen molar-refractivity contribution in [3.8, 4) is 11.8 Å². The Hall–Kier alpha value is -3.39. The van der Waals surface area contributed by atoms with Crippen LogP contribution in [-0.2, 0) is 6.18 Å². The predicted octanol–water partition coefficient (Wildman–Crippen LogP) is 4.33. The van der Waals surface area contributed by atoms with Crippen LogP contribution in [0.5, 0.6) is 5.75 Å². The van der Waals surface area contributed by atoms with Crippen LogP contribution in [0, 0.1) is 22.7 Å². The second-order valence-electron chi connectivity index (χ2n) is 10.7. The lowest BCUT2D eigenvalue weighted by atomic mass is 9.74. The molecule has 1 aromatic heterocycles. The minimum atomic E-state index is -4.64. The number of nitriles is 1. The maximum atomic E-state index is 13.2. The van der Waals surface area contributed by atoms with Gasteiger partial charge in [-0.15, -0.1) is 10.2 Å². The third kappa shape index (κ3) is 6.35. The second kappa shape index (κ2) is 11.2. The number of anilines is 1. The van der Waals surface area contributed by atoms with E-state index in [0.29, 0.717) is 31.5 Å². The Morgan fingerprint density at radius 2 is 1.92 bits per heavy atom. The van der Waals surface area contributed by atoms with Gasteiger partial charge in [0.2, 0.25) is 0 Å². The van der Waals surface area contributed by atoms with Crippen LogP contribution in [0.1, 0.15) is 67.6 Å². The van der Waals surface area contributed by atoms with E-state index in [1.165, 1.54) is 6.07 Å². The van der Waals surface area contributed by atoms with E-state index in [1.807, 2.05) is 0 Å². The number of alkyl halides is 3. The largest absolute Gasteiger partial charge is 0.490 e. The smallest absolute Gasteiger partial charge is 0.417 e.